The van der Waals surface area contributed by atoms with Crippen LogP contribution < -0.4 is 4.74 Å². The number of carbonyl (C=O) groups is 1. The number of rotatable bonds is 5. The average molecular weight is 368 g/mol. The first-order valence-corrected chi connectivity index (χ1v) is 10.3. The molecule has 140 valence electrons. The van der Waals surface area contributed by atoms with Gasteiger partial charge in [-0.05, 0) is 43.0 Å². The van der Waals surface area contributed by atoms with Crippen molar-refractivity contribution >= 4 is 15.9 Å². The lowest BCUT2D eigenvalue weighted by Gasteiger charge is -2.34. The van der Waals surface area contributed by atoms with Gasteiger partial charge in [0.1, 0.15) is 5.75 Å². The van der Waals surface area contributed by atoms with E-state index in [4.69, 9.17) is 4.74 Å². The number of amides is 1. The smallest absolute Gasteiger partial charge is 0.254 e. The first-order chi connectivity index (χ1) is 11.7. The highest BCUT2D eigenvalue weighted by Crippen LogP contribution is 2.30. The zero-order chi connectivity index (χ0) is 18.8. The van der Waals surface area contributed by atoms with Gasteiger partial charge in [0, 0.05) is 31.7 Å². The zero-order valence-electron chi connectivity index (χ0n) is 15.7. The summed E-state index contributed by atoms with van der Waals surface area (Å²) in [5, 5.41) is 0. The minimum Gasteiger partial charge on any atom is -0.496 e. The molecule has 1 aromatic rings. The molecule has 1 saturated heterocycles. The maximum absolute atomic E-state index is 12.9. The number of ether oxygens (including phenoxy) is 1. The molecule has 0 aromatic heterocycles. The number of nitrogens with zero attached hydrogens (tertiary/aromatic N) is 2. The quantitative estimate of drug-likeness (QED) is 0.799. The van der Waals surface area contributed by atoms with Crippen LogP contribution in [0.4, 0.5) is 0 Å². The molecule has 0 atom stereocenters. The summed E-state index contributed by atoms with van der Waals surface area (Å²) in [5.41, 5.74) is 2.54. The Morgan fingerprint density at radius 1 is 1.20 bits per heavy atom. The maximum Gasteiger partial charge on any atom is 0.254 e. The summed E-state index contributed by atoms with van der Waals surface area (Å²) < 4.78 is 30.8. The van der Waals surface area contributed by atoms with Crippen molar-refractivity contribution in [1.29, 1.82) is 0 Å². The van der Waals surface area contributed by atoms with Crippen LogP contribution in [0.3, 0.4) is 0 Å². The Morgan fingerprint density at radius 3 is 2.28 bits per heavy atom. The van der Waals surface area contributed by atoms with E-state index in [2.05, 4.69) is 13.8 Å². The van der Waals surface area contributed by atoms with Crippen LogP contribution in [0.2, 0.25) is 0 Å². The van der Waals surface area contributed by atoms with E-state index in [0.29, 0.717) is 31.7 Å². The summed E-state index contributed by atoms with van der Waals surface area (Å²) in [6.45, 7) is 9.22. The molecule has 0 unspecified atom stereocenters. The topological polar surface area (TPSA) is 66.9 Å². The molecule has 1 heterocycles. The molecule has 1 aliphatic rings. The van der Waals surface area contributed by atoms with Gasteiger partial charge in [0.25, 0.3) is 5.91 Å². The van der Waals surface area contributed by atoms with Crippen LogP contribution in [-0.2, 0) is 10.0 Å². The van der Waals surface area contributed by atoms with Gasteiger partial charge < -0.3 is 9.64 Å². The molecule has 0 radical (unpaired) electrons. The largest absolute Gasteiger partial charge is 0.496 e. The summed E-state index contributed by atoms with van der Waals surface area (Å²) in [7, 11) is -1.56. The lowest BCUT2D eigenvalue weighted by Crippen LogP contribution is -2.51. The standard InChI is InChI=1S/C18H28N2O4S/c1-6-25(22,23)20-9-7-19(8-10-20)18(21)16-12-15(13(2)3)17(24-5)11-14(16)4/h11-13H,6-10H2,1-5H3. The molecule has 1 aromatic carbocycles. The SMILES string of the molecule is CCS(=O)(=O)N1CCN(C(=O)c2cc(C(C)C)c(OC)cc2C)CC1. The van der Waals surface area contributed by atoms with Crippen molar-refractivity contribution in [3.8, 4) is 5.75 Å². The van der Waals surface area contributed by atoms with Crippen LogP contribution in [0.25, 0.3) is 0 Å². The van der Waals surface area contributed by atoms with Gasteiger partial charge in [0.2, 0.25) is 10.0 Å². The van der Waals surface area contributed by atoms with Gasteiger partial charge >= 0.3 is 0 Å². The Balaban J connectivity index is 2.21. The van der Waals surface area contributed by atoms with Crippen molar-refractivity contribution in [2.75, 3.05) is 39.0 Å². The molecular weight excluding hydrogens is 340 g/mol. The fourth-order valence-electron chi connectivity index (χ4n) is 3.08. The van der Waals surface area contributed by atoms with Crippen molar-refractivity contribution in [1.82, 2.24) is 9.21 Å². The minimum absolute atomic E-state index is 0.0457. The highest BCUT2D eigenvalue weighted by atomic mass is 32.2. The van der Waals surface area contributed by atoms with Crippen molar-refractivity contribution in [3.63, 3.8) is 0 Å². The van der Waals surface area contributed by atoms with E-state index in [1.54, 1.807) is 18.9 Å². The number of methoxy groups -OCH3 is 1. The summed E-state index contributed by atoms with van der Waals surface area (Å²) in [6, 6.07) is 3.82. The second kappa shape index (κ2) is 7.74. The maximum atomic E-state index is 12.9. The molecule has 1 fully saturated rings. The van der Waals surface area contributed by atoms with Gasteiger partial charge in [0.15, 0.2) is 0 Å². The number of sulfonamides is 1. The number of piperazine rings is 1. The Kier molecular flexibility index (Phi) is 6.11. The van der Waals surface area contributed by atoms with Gasteiger partial charge in [-0.25, -0.2) is 8.42 Å². The summed E-state index contributed by atoms with van der Waals surface area (Å²) in [6.07, 6.45) is 0. The fraction of sp³-hybridized carbons (Fsp3) is 0.611. The van der Waals surface area contributed by atoms with Gasteiger partial charge in [-0.2, -0.15) is 4.31 Å². The van der Waals surface area contributed by atoms with Crippen molar-refractivity contribution in [2.45, 2.75) is 33.6 Å². The van der Waals surface area contributed by atoms with Crippen molar-refractivity contribution < 1.29 is 17.9 Å². The second-order valence-corrected chi connectivity index (χ2v) is 8.91. The van der Waals surface area contributed by atoms with E-state index in [0.717, 1.165) is 16.9 Å². The van der Waals surface area contributed by atoms with Gasteiger partial charge in [0.05, 0.1) is 12.9 Å². The van der Waals surface area contributed by atoms with Crippen LogP contribution in [-0.4, -0.2) is 62.6 Å². The zero-order valence-corrected chi connectivity index (χ0v) is 16.5. The first kappa shape index (κ1) is 19.7. The van der Waals surface area contributed by atoms with Crippen LogP contribution in [0.15, 0.2) is 12.1 Å². The van der Waals surface area contributed by atoms with Gasteiger partial charge in [-0.1, -0.05) is 13.8 Å². The number of benzene rings is 1. The first-order valence-electron chi connectivity index (χ1n) is 8.66. The molecule has 1 aliphatic heterocycles. The lowest BCUT2D eigenvalue weighted by atomic mass is 9.95. The summed E-state index contributed by atoms with van der Waals surface area (Å²) in [5.74, 6) is 1.09. The van der Waals surface area contributed by atoms with E-state index in [1.807, 2.05) is 19.1 Å². The number of hydrogen-bond donors (Lipinski definition) is 0. The van der Waals surface area contributed by atoms with E-state index in [1.165, 1.54) is 4.31 Å². The molecule has 6 nitrogen and oxygen atoms in total. The highest BCUT2D eigenvalue weighted by Gasteiger charge is 2.29. The normalized spacial score (nSPS) is 16.3. The predicted octanol–water partition coefficient (Wildman–Crippen LogP) is 2.23. The van der Waals surface area contributed by atoms with E-state index in [9.17, 15) is 13.2 Å². The Bertz CT molecular complexity index is 736. The summed E-state index contributed by atoms with van der Waals surface area (Å²) in [4.78, 5) is 14.7. The van der Waals surface area contributed by atoms with Crippen LogP contribution in [0.5, 0.6) is 5.75 Å². The Labute approximate surface area is 150 Å². The van der Waals surface area contributed by atoms with Crippen LogP contribution in [0.1, 0.15) is 48.2 Å². The molecule has 2 rings (SSSR count). The van der Waals surface area contributed by atoms with E-state index >= 15 is 0 Å². The predicted molar refractivity (Wildman–Crippen MR) is 98.8 cm³/mol. The monoisotopic (exact) mass is 368 g/mol. The van der Waals surface area contributed by atoms with Gasteiger partial charge in [-0.15, -0.1) is 0 Å². The lowest BCUT2D eigenvalue weighted by molar-refractivity contribution is 0.0697. The molecule has 0 bridgehead atoms. The number of aryl methyl sites for hydroxylation is 1. The molecule has 25 heavy (non-hydrogen) atoms. The van der Waals surface area contributed by atoms with E-state index < -0.39 is 10.0 Å². The molecular formula is C18H28N2O4S. The third-order valence-electron chi connectivity index (χ3n) is 4.71. The van der Waals surface area contributed by atoms with Crippen molar-refractivity contribution in [2.24, 2.45) is 0 Å². The average Bonchev–Trinajstić information content (AvgIpc) is 2.60. The van der Waals surface area contributed by atoms with Crippen LogP contribution >= 0.6 is 0 Å². The van der Waals surface area contributed by atoms with Gasteiger partial charge in [-0.3, -0.25) is 4.79 Å². The number of carbonyl (C=O) groups excluding carboxylic acids is 1. The minimum atomic E-state index is -3.19. The highest BCUT2D eigenvalue weighted by molar-refractivity contribution is 7.89. The summed E-state index contributed by atoms with van der Waals surface area (Å²) >= 11 is 0. The second-order valence-electron chi connectivity index (χ2n) is 6.66. The molecule has 0 spiro atoms. The van der Waals surface area contributed by atoms with E-state index in [-0.39, 0.29) is 17.6 Å². The third-order valence-corrected chi connectivity index (χ3v) is 6.59. The number of hydrogen-bond acceptors (Lipinski definition) is 4. The molecule has 7 heteroatoms. The molecule has 0 saturated carbocycles. The van der Waals surface area contributed by atoms with Crippen molar-refractivity contribution in [3.05, 3.63) is 28.8 Å². The fourth-order valence-corrected chi connectivity index (χ4v) is 4.16. The molecule has 0 aliphatic carbocycles. The Hall–Kier alpha value is -1.60. The Morgan fingerprint density at radius 2 is 1.80 bits per heavy atom. The third kappa shape index (κ3) is 4.15. The van der Waals surface area contributed by atoms with Crippen LogP contribution in [0, 0.1) is 6.92 Å². The molecule has 1 amide bonds. The molecule has 0 N–H and O–H groups in total.